The zero-order valence-electron chi connectivity index (χ0n) is 15.2. The highest BCUT2D eigenvalue weighted by molar-refractivity contribution is 6.33. The molecule has 1 aromatic heterocycles. The monoisotopic (exact) mass is 387 g/mol. The summed E-state index contributed by atoms with van der Waals surface area (Å²) in [4.78, 5) is 12.6. The van der Waals surface area contributed by atoms with Gasteiger partial charge in [-0.25, -0.2) is 9.98 Å². The van der Waals surface area contributed by atoms with Crippen molar-refractivity contribution in [3.8, 4) is 0 Å². The predicted molar refractivity (Wildman–Crippen MR) is 116 cm³/mol. The topological polar surface area (TPSA) is 65.4 Å². The number of hydrogen-bond acceptors (Lipinski definition) is 3. The second-order valence-corrected chi connectivity index (χ2v) is 6.70. The summed E-state index contributed by atoms with van der Waals surface area (Å²) < 4.78 is 0. The van der Waals surface area contributed by atoms with Crippen molar-refractivity contribution < 1.29 is 0 Å². The van der Waals surface area contributed by atoms with E-state index in [0.717, 1.165) is 22.3 Å². The van der Waals surface area contributed by atoms with Gasteiger partial charge < -0.3 is 4.98 Å². The number of hydrazone groups is 1. The van der Waals surface area contributed by atoms with Crippen molar-refractivity contribution in [3.63, 3.8) is 0 Å². The second kappa shape index (κ2) is 8.06. The summed E-state index contributed by atoms with van der Waals surface area (Å²) in [6.07, 6.45) is 1.66. The van der Waals surface area contributed by atoms with Crippen molar-refractivity contribution in [2.24, 2.45) is 10.1 Å². The molecular formula is C22H18ClN5. The third kappa shape index (κ3) is 4.10. The Morgan fingerprint density at radius 1 is 1.00 bits per heavy atom. The van der Waals surface area contributed by atoms with Gasteiger partial charge in [0.15, 0.2) is 11.7 Å². The van der Waals surface area contributed by atoms with E-state index >= 15 is 0 Å². The van der Waals surface area contributed by atoms with E-state index in [0.29, 0.717) is 16.7 Å². The number of aromatic amines is 1. The first-order valence-corrected chi connectivity index (χ1v) is 9.21. The van der Waals surface area contributed by atoms with Gasteiger partial charge in [0, 0.05) is 10.6 Å². The minimum absolute atomic E-state index is 0.517. The minimum Gasteiger partial charge on any atom is -0.335 e. The number of halogens is 1. The summed E-state index contributed by atoms with van der Waals surface area (Å²) in [5.74, 6) is 1.13. The Morgan fingerprint density at radius 2 is 1.75 bits per heavy atom. The van der Waals surface area contributed by atoms with Gasteiger partial charge in [-0.05, 0) is 37.3 Å². The largest absolute Gasteiger partial charge is 0.335 e. The van der Waals surface area contributed by atoms with E-state index in [2.05, 4.69) is 25.5 Å². The Balaban J connectivity index is 1.68. The number of benzene rings is 3. The molecule has 0 amide bonds. The lowest BCUT2D eigenvalue weighted by Gasteiger charge is -2.04. The van der Waals surface area contributed by atoms with Crippen LogP contribution in [0.1, 0.15) is 17.0 Å². The van der Waals surface area contributed by atoms with Crippen molar-refractivity contribution in [2.45, 2.75) is 6.92 Å². The number of hydrogen-bond donors (Lipinski definition) is 2. The van der Waals surface area contributed by atoms with E-state index in [-0.39, 0.29) is 0 Å². The van der Waals surface area contributed by atoms with Crippen molar-refractivity contribution in [2.75, 3.05) is 0 Å². The number of aryl methyl sites for hydroxylation is 1. The van der Waals surface area contributed by atoms with Gasteiger partial charge in [-0.15, -0.1) is 0 Å². The highest BCUT2D eigenvalue weighted by atomic mass is 35.5. The van der Waals surface area contributed by atoms with Gasteiger partial charge >= 0.3 is 0 Å². The van der Waals surface area contributed by atoms with E-state index in [1.54, 1.807) is 6.21 Å². The van der Waals surface area contributed by atoms with Gasteiger partial charge in [-0.1, -0.05) is 59.6 Å². The average molecular weight is 388 g/mol. The number of fused-ring (bicyclic) bond motifs is 1. The summed E-state index contributed by atoms with van der Waals surface area (Å²) in [6, 6.07) is 23.3. The standard InChI is InChI=1S/C22H18ClN5/c1-15-10-12-17(13-11-15)25-22(21-26-19-8-4-5-9-20(19)27-21)28-24-14-16-6-2-3-7-18(16)23/h2-14H,1H3,(H,25,28)(H,26,27). The smallest absolute Gasteiger partial charge is 0.190 e. The molecule has 0 radical (unpaired) electrons. The molecule has 1 heterocycles. The molecule has 0 unspecified atom stereocenters. The molecule has 4 aromatic rings. The highest BCUT2D eigenvalue weighted by Crippen LogP contribution is 2.16. The van der Waals surface area contributed by atoms with Crippen LogP contribution >= 0.6 is 11.6 Å². The number of H-pyrrole nitrogens is 1. The molecule has 6 heteroatoms. The second-order valence-electron chi connectivity index (χ2n) is 6.29. The molecule has 0 aliphatic heterocycles. The zero-order chi connectivity index (χ0) is 19.3. The van der Waals surface area contributed by atoms with Gasteiger partial charge in [0.25, 0.3) is 0 Å². The molecule has 28 heavy (non-hydrogen) atoms. The fourth-order valence-electron chi connectivity index (χ4n) is 2.69. The predicted octanol–water partition coefficient (Wildman–Crippen LogP) is 5.23. The molecule has 5 nitrogen and oxygen atoms in total. The lowest BCUT2D eigenvalue weighted by molar-refractivity contribution is 1.01. The SMILES string of the molecule is Cc1ccc(N=C(NN=Cc2ccccc2Cl)c2nc3ccccc3[nH]2)cc1. The molecule has 138 valence electrons. The van der Waals surface area contributed by atoms with E-state index in [9.17, 15) is 0 Å². The van der Waals surface area contributed by atoms with Crippen LogP contribution < -0.4 is 5.43 Å². The van der Waals surface area contributed by atoms with Crippen LogP contribution in [0.3, 0.4) is 0 Å². The molecule has 0 saturated heterocycles. The van der Waals surface area contributed by atoms with Crippen LogP contribution in [0.5, 0.6) is 0 Å². The quantitative estimate of drug-likeness (QED) is 0.286. The van der Waals surface area contributed by atoms with Gasteiger partial charge in [0.1, 0.15) is 0 Å². The fraction of sp³-hybridized carbons (Fsp3) is 0.0455. The van der Waals surface area contributed by atoms with E-state index in [1.807, 2.05) is 79.7 Å². The number of nitrogens with zero attached hydrogens (tertiary/aromatic N) is 3. The number of nitrogens with one attached hydrogen (secondary N) is 2. The van der Waals surface area contributed by atoms with Crippen LogP contribution in [0, 0.1) is 6.92 Å². The zero-order valence-corrected chi connectivity index (χ0v) is 16.0. The van der Waals surface area contributed by atoms with E-state index in [4.69, 9.17) is 11.6 Å². The minimum atomic E-state index is 0.517. The molecule has 2 N–H and O–H groups in total. The first-order valence-electron chi connectivity index (χ1n) is 8.83. The normalized spacial score (nSPS) is 12.0. The third-order valence-electron chi connectivity index (χ3n) is 4.17. The summed E-state index contributed by atoms with van der Waals surface area (Å²) >= 11 is 6.19. The molecule has 4 rings (SSSR count). The Morgan fingerprint density at radius 3 is 2.54 bits per heavy atom. The Kier molecular flexibility index (Phi) is 5.17. The molecule has 0 atom stereocenters. The number of rotatable bonds is 4. The third-order valence-corrected chi connectivity index (χ3v) is 4.51. The van der Waals surface area contributed by atoms with E-state index < -0.39 is 0 Å². The lowest BCUT2D eigenvalue weighted by Crippen LogP contribution is -2.20. The number of imidazole rings is 1. The average Bonchev–Trinajstić information content (AvgIpc) is 3.14. The van der Waals surface area contributed by atoms with Gasteiger partial charge in [0.05, 0.1) is 22.9 Å². The van der Waals surface area contributed by atoms with Crippen LogP contribution in [0.15, 0.2) is 82.9 Å². The van der Waals surface area contributed by atoms with Crippen LogP contribution in [0.4, 0.5) is 5.69 Å². The van der Waals surface area contributed by atoms with Crippen molar-refractivity contribution in [1.82, 2.24) is 15.4 Å². The maximum absolute atomic E-state index is 6.19. The van der Waals surface area contributed by atoms with Crippen LogP contribution in [0.25, 0.3) is 11.0 Å². The van der Waals surface area contributed by atoms with Crippen LogP contribution in [0.2, 0.25) is 5.02 Å². The number of aromatic nitrogens is 2. The highest BCUT2D eigenvalue weighted by Gasteiger charge is 2.09. The first-order chi connectivity index (χ1) is 13.7. The summed E-state index contributed by atoms with van der Waals surface area (Å²) in [7, 11) is 0. The molecule has 0 aliphatic carbocycles. The van der Waals surface area contributed by atoms with Crippen molar-refractivity contribution >= 4 is 40.4 Å². The van der Waals surface area contributed by atoms with Gasteiger partial charge in [-0.2, -0.15) is 5.10 Å². The summed E-state index contributed by atoms with van der Waals surface area (Å²) in [5, 5.41) is 4.95. The molecule has 3 aromatic carbocycles. The van der Waals surface area contributed by atoms with Crippen LogP contribution in [-0.4, -0.2) is 22.0 Å². The molecule has 0 spiro atoms. The maximum Gasteiger partial charge on any atom is 0.190 e. The van der Waals surface area contributed by atoms with Crippen LogP contribution in [-0.2, 0) is 0 Å². The van der Waals surface area contributed by atoms with Crippen molar-refractivity contribution in [3.05, 3.63) is 94.8 Å². The van der Waals surface area contributed by atoms with Gasteiger partial charge in [-0.3, -0.25) is 5.43 Å². The van der Waals surface area contributed by atoms with Gasteiger partial charge in [0.2, 0.25) is 0 Å². The Labute approximate surface area is 167 Å². The summed E-state index contributed by atoms with van der Waals surface area (Å²) in [6.45, 7) is 2.04. The number of para-hydroxylation sites is 2. The molecule has 0 bridgehead atoms. The fourth-order valence-corrected chi connectivity index (χ4v) is 2.87. The molecular weight excluding hydrogens is 370 g/mol. The van der Waals surface area contributed by atoms with Crippen molar-refractivity contribution in [1.29, 1.82) is 0 Å². The maximum atomic E-state index is 6.19. The molecule has 0 saturated carbocycles. The number of amidine groups is 1. The molecule has 0 aliphatic rings. The molecule has 0 fully saturated rings. The summed E-state index contributed by atoms with van der Waals surface area (Å²) in [5.41, 5.74) is 7.60. The Hall–Kier alpha value is -3.44. The Bertz CT molecular complexity index is 1130. The first kappa shape index (κ1) is 17.9. The lowest BCUT2D eigenvalue weighted by atomic mass is 10.2. The van der Waals surface area contributed by atoms with E-state index in [1.165, 1.54) is 5.56 Å². The number of aliphatic imine (C=N–C) groups is 1.